The van der Waals surface area contributed by atoms with Crippen LogP contribution in [-0.4, -0.2) is 36.0 Å². The van der Waals surface area contributed by atoms with Crippen LogP contribution in [0.5, 0.6) is 0 Å². The Kier molecular flexibility index (Phi) is 7.22. The van der Waals surface area contributed by atoms with Gasteiger partial charge in [0.05, 0.1) is 21.2 Å². The lowest BCUT2D eigenvalue weighted by atomic mass is 9.77. The molecule has 3 nitrogen and oxygen atoms in total. The van der Waals surface area contributed by atoms with Crippen LogP contribution >= 0.6 is 23.2 Å². The zero-order chi connectivity index (χ0) is 23.8. The molecule has 2 heterocycles. The number of carbonyl (C=O) groups is 1. The topological polar surface area (TPSA) is 32.3 Å². The largest absolute Gasteiger partial charge is 0.417 e. The molecule has 2 aliphatic heterocycles. The highest BCUT2D eigenvalue weighted by Gasteiger charge is 2.40. The van der Waals surface area contributed by atoms with E-state index in [1.54, 1.807) is 0 Å². The third-order valence-electron chi connectivity index (χ3n) is 6.76. The summed E-state index contributed by atoms with van der Waals surface area (Å²) in [4.78, 5) is 15.2. The summed E-state index contributed by atoms with van der Waals surface area (Å²) in [6.45, 7) is 1.17. The lowest BCUT2D eigenvalue weighted by Crippen LogP contribution is -2.55. The summed E-state index contributed by atoms with van der Waals surface area (Å²) in [5.74, 6) is -0.696. The first-order chi connectivity index (χ1) is 15.7. The smallest absolute Gasteiger partial charge is 0.350 e. The fourth-order valence-electron chi connectivity index (χ4n) is 5.19. The molecule has 3 atom stereocenters. The van der Waals surface area contributed by atoms with Crippen molar-refractivity contribution in [1.82, 2.24) is 10.2 Å². The minimum atomic E-state index is -4.68. The fourth-order valence-corrected chi connectivity index (χ4v) is 5.84. The van der Waals surface area contributed by atoms with E-state index in [4.69, 9.17) is 23.2 Å². The number of alkyl halides is 3. The van der Waals surface area contributed by atoms with Crippen molar-refractivity contribution in [1.29, 1.82) is 0 Å². The normalized spacial score (nSPS) is 23.8. The Bertz CT molecular complexity index is 1010. The van der Waals surface area contributed by atoms with E-state index in [2.05, 4.69) is 10.2 Å². The quantitative estimate of drug-likeness (QED) is 0.472. The number of fused-ring (bicyclic) bond motifs is 1. The lowest BCUT2D eigenvalue weighted by Gasteiger charge is -2.49. The SMILES string of the molecule is O=C(NCC1CCC(c2ccc(F)cc2)C2CCCCN12)c1c(Cl)ccc(C(F)(F)F)c1Cl. The second-order valence-corrected chi connectivity index (χ2v) is 9.47. The molecule has 0 spiro atoms. The minimum absolute atomic E-state index is 0.0549. The molecule has 0 bridgehead atoms. The molecule has 0 aromatic heterocycles. The van der Waals surface area contributed by atoms with Crippen LogP contribution in [-0.2, 0) is 6.18 Å². The minimum Gasteiger partial charge on any atom is -0.350 e. The summed E-state index contributed by atoms with van der Waals surface area (Å²) >= 11 is 11.9. The third kappa shape index (κ3) is 5.15. The van der Waals surface area contributed by atoms with E-state index >= 15 is 0 Å². The Hall–Kier alpha value is -1.83. The van der Waals surface area contributed by atoms with Gasteiger partial charge in [-0.3, -0.25) is 9.69 Å². The van der Waals surface area contributed by atoms with E-state index in [1.165, 1.54) is 12.1 Å². The molecule has 2 aliphatic rings. The number of nitrogens with zero attached hydrogens (tertiary/aromatic N) is 1. The number of halogens is 6. The zero-order valence-electron chi connectivity index (χ0n) is 17.8. The summed E-state index contributed by atoms with van der Waals surface area (Å²) in [6.07, 6.45) is 0.172. The van der Waals surface area contributed by atoms with Crippen LogP contribution < -0.4 is 5.32 Å². The summed E-state index contributed by atoms with van der Waals surface area (Å²) in [5.41, 5.74) is -0.337. The molecule has 2 aromatic carbocycles. The lowest BCUT2D eigenvalue weighted by molar-refractivity contribution is -0.137. The molecule has 3 unspecified atom stereocenters. The second kappa shape index (κ2) is 9.80. The van der Waals surface area contributed by atoms with Gasteiger partial charge in [-0.05, 0) is 68.0 Å². The molecule has 2 saturated heterocycles. The van der Waals surface area contributed by atoms with Crippen LogP contribution in [0.2, 0.25) is 10.0 Å². The standard InChI is InChI=1S/C24H24Cl2F4N2O/c25-19-11-10-18(24(28,29)30)22(26)21(19)23(33)31-13-16-8-9-17(14-4-6-15(27)7-5-14)20-3-1-2-12-32(16)20/h4-7,10-11,16-17,20H,1-3,8-9,12-13H2,(H,31,33). The monoisotopic (exact) mass is 502 g/mol. The summed E-state index contributed by atoms with van der Waals surface area (Å²) in [5, 5.41) is 1.94. The van der Waals surface area contributed by atoms with Gasteiger partial charge < -0.3 is 5.32 Å². The van der Waals surface area contributed by atoms with Crippen LogP contribution in [0.25, 0.3) is 0 Å². The average molecular weight is 503 g/mol. The number of rotatable bonds is 4. The van der Waals surface area contributed by atoms with E-state index in [0.717, 1.165) is 56.3 Å². The van der Waals surface area contributed by atoms with Crippen molar-refractivity contribution < 1.29 is 22.4 Å². The Morgan fingerprint density at radius 2 is 1.76 bits per heavy atom. The summed E-state index contributed by atoms with van der Waals surface area (Å²) in [6, 6.07) is 8.80. The Morgan fingerprint density at radius 1 is 1.03 bits per heavy atom. The van der Waals surface area contributed by atoms with Crippen LogP contribution in [0, 0.1) is 5.82 Å². The summed E-state index contributed by atoms with van der Waals surface area (Å²) in [7, 11) is 0. The van der Waals surface area contributed by atoms with Gasteiger partial charge in [-0.1, -0.05) is 41.8 Å². The summed E-state index contributed by atoms with van der Waals surface area (Å²) < 4.78 is 53.0. The predicted molar refractivity (Wildman–Crippen MR) is 120 cm³/mol. The first-order valence-corrected chi connectivity index (χ1v) is 11.8. The molecule has 0 saturated carbocycles. The van der Waals surface area contributed by atoms with Crippen LogP contribution in [0.1, 0.15) is 59.5 Å². The van der Waals surface area contributed by atoms with Gasteiger partial charge in [-0.2, -0.15) is 13.2 Å². The van der Waals surface area contributed by atoms with Crippen LogP contribution in [0.3, 0.4) is 0 Å². The molecule has 2 aromatic rings. The van der Waals surface area contributed by atoms with Gasteiger partial charge in [0.15, 0.2) is 0 Å². The van der Waals surface area contributed by atoms with Gasteiger partial charge >= 0.3 is 6.18 Å². The highest BCUT2D eigenvalue weighted by atomic mass is 35.5. The van der Waals surface area contributed by atoms with E-state index in [-0.39, 0.29) is 40.9 Å². The Morgan fingerprint density at radius 3 is 2.45 bits per heavy atom. The molecule has 178 valence electrons. The molecule has 4 rings (SSSR count). The number of nitrogens with one attached hydrogen (secondary N) is 1. The number of hydrogen-bond acceptors (Lipinski definition) is 2. The molecule has 0 radical (unpaired) electrons. The van der Waals surface area contributed by atoms with Crippen molar-refractivity contribution in [3.63, 3.8) is 0 Å². The Balaban J connectivity index is 1.48. The molecule has 9 heteroatoms. The van der Waals surface area contributed by atoms with E-state index in [9.17, 15) is 22.4 Å². The maximum Gasteiger partial charge on any atom is 0.417 e. The zero-order valence-corrected chi connectivity index (χ0v) is 19.3. The number of benzene rings is 2. The van der Waals surface area contributed by atoms with Gasteiger partial charge in [0, 0.05) is 18.6 Å². The molecule has 2 fully saturated rings. The molecule has 0 aliphatic carbocycles. The first-order valence-electron chi connectivity index (χ1n) is 11.0. The van der Waals surface area contributed by atoms with Gasteiger partial charge in [-0.25, -0.2) is 4.39 Å². The van der Waals surface area contributed by atoms with Crippen LogP contribution in [0.4, 0.5) is 17.6 Å². The number of carbonyl (C=O) groups excluding carboxylic acids is 1. The van der Waals surface area contributed by atoms with Crippen molar-refractivity contribution >= 4 is 29.1 Å². The molecule has 33 heavy (non-hydrogen) atoms. The maximum absolute atomic E-state index is 13.4. The number of piperidine rings is 2. The van der Waals surface area contributed by atoms with E-state index < -0.39 is 22.7 Å². The van der Waals surface area contributed by atoms with Gasteiger partial charge in [-0.15, -0.1) is 0 Å². The van der Waals surface area contributed by atoms with Crippen molar-refractivity contribution in [2.75, 3.05) is 13.1 Å². The van der Waals surface area contributed by atoms with Gasteiger partial charge in [0.25, 0.3) is 5.91 Å². The van der Waals surface area contributed by atoms with Crippen molar-refractivity contribution in [2.24, 2.45) is 0 Å². The molecular formula is C24H24Cl2F4N2O. The molecule has 1 N–H and O–H groups in total. The molecule has 1 amide bonds. The average Bonchev–Trinajstić information content (AvgIpc) is 2.77. The maximum atomic E-state index is 13.4. The number of hydrogen-bond donors (Lipinski definition) is 1. The van der Waals surface area contributed by atoms with Crippen LogP contribution in [0.15, 0.2) is 36.4 Å². The molecular weight excluding hydrogens is 479 g/mol. The van der Waals surface area contributed by atoms with Crippen molar-refractivity contribution in [3.05, 3.63) is 69.0 Å². The third-order valence-corrected chi connectivity index (χ3v) is 7.46. The van der Waals surface area contributed by atoms with E-state index in [1.807, 2.05) is 12.1 Å². The highest BCUT2D eigenvalue weighted by Crippen LogP contribution is 2.41. The van der Waals surface area contributed by atoms with Gasteiger partial charge in [0.1, 0.15) is 5.82 Å². The van der Waals surface area contributed by atoms with Crippen molar-refractivity contribution in [3.8, 4) is 0 Å². The Labute approximate surface area is 200 Å². The second-order valence-electron chi connectivity index (χ2n) is 8.68. The number of amides is 1. The predicted octanol–water partition coefficient (Wildman–Crippen LogP) is 6.68. The van der Waals surface area contributed by atoms with Gasteiger partial charge in [0.2, 0.25) is 0 Å². The fraction of sp³-hybridized carbons (Fsp3) is 0.458. The van der Waals surface area contributed by atoms with E-state index in [0.29, 0.717) is 0 Å². The first kappa shape index (κ1) is 24.3. The highest BCUT2D eigenvalue weighted by molar-refractivity contribution is 6.40. The van der Waals surface area contributed by atoms with Crippen molar-refractivity contribution in [2.45, 2.75) is 56.3 Å².